The molecule has 2 saturated heterocycles. The van der Waals surface area contributed by atoms with Crippen LogP contribution in [0, 0.1) is 0 Å². The summed E-state index contributed by atoms with van der Waals surface area (Å²) in [5, 5.41) is 14.0. The number of phosphoric acid groups is 1. The number of aromatic amines is 1. The maximum Gasteiger partial charge on any atom is 1.00 e. The van der Waals surface area contributed by atoms with Crippen molar-refractivity contribution in [2.24, 2.45) is 0 Å². The molecule has 4 amide bonds. The zero-order chi connectivity index (χ0) is 33.1. The van der Waals surface area contributed by atoms with Gasteiger partial charge in [-0.1, -0.05) is 60.7 Å². The van der Waals surface area contributed by atoms with Gasteiger partial charge in [-0.05, 0) is 34.9 Å². The van der Waals surface area contributed by atoms with E-state index in [1.54, 1.807) is 22.2 Å². The average molecular weight is 704 g/mol. The van der Waals surface area contributed by atoms with E-state index in [0.29, 0.717) is 5.56 Å². The van der Waals surface area contributed by atoms with Gasteiger partial charge in [-0.2, -0.15) is 5.10 Å². The molecule has 3 aromatic carbocycles. The van der Waals surface area contributed by atoms with Crippen LogP contribution in [0.1, 0.15) is 16.7 Å². The number of rotatable bonds is 10. The number of amides is 4. The molecule has 0 unspecified atom stereocenters. The minimum atomic E-state index is -5.26. The van der Waals surface area contributed by atoms with Crippen molar-refractivity contribution in [3.8, 4) is 5.75 Å². The molecular formula is C32H32N7Na2O7P. The summed E-state index contributed by atoms with van der Waals surface area (Å²) >= 11 is 0. The summed E-state index contributed by atoms with van der Waals surface area (Å²) < 4.78 is 15.5. The van der Waals surface area contributed by atoms with Crippen molar-refractivity contribution in [1.29, 1.82) is 0 Å². The quantitative estimate of drug-likeness (QED) is 0.0937. The number of phosphoric ester groups is 1. The molecule has 0 radical (unpaired) electrons. The van der Waals surface area contributed by atoms with Crippen LogP contribution in [-0.4, -0.2) is 79.7 Å². The van der Waals surface area contributed by atoms with Crippen LogP contribution in [0.3, 0.4) is 0 Å². The van der Waals surface area contributed by atoms with Crippen molar-refractivity contribution in [2.45, 2.75) is 31.7 Å². The van der Waals surface area contributed by atoms with Gasteiger partial charge in [0.2, 0.25) is 11.8 Å². The molecule has 2 N–H and O–H groups in total. The van der Waals surface area contributed by atoms with Crippen molar-refractivity contribution in [3.05, 3.63) is 108 Å². The summed E-state index contributed by atoms with van der Waals surface area (Å²) in [4.78, 5) is 67.3. The summed E-state index contributed by atoms with van der Waals surface area (Å²) in [7, 11) is -5.26. The normalized spacial score (nSPS) is 18.0. The van der Waals surface area contributed by atoms with E-state index in [4.69, 9.17) is 0 Å². The molecule has 0 spiro atoms. The third-order valence-electron chi connectivity index (χ3n) is 8.17. The summed E-state index contributed by atoms with van der Waals surface area (Å²) in [5.41, 5.74) is 3.12. The van der Waals surface area contributed by atoms with E-state index >= 15 is 0 Å². The number of H-pyrrole nitrogens is 1. The van der Waals surface area contributed by atoms with E-state index in [9.17, 15) is 28.7 Å². The molecule has 17 heteroatoms. The minimum absolute atomic E-state index is 0. The number of carbonyl (C=O) groups excluding carboxylic acids is 3. The standard InChI is InChI=1S/C32H34N7O7P.2Na/c1-2-15-37-21-30(40)38-28(16-22-11-13-25(14-12-22)46-47(43,44)45)31(41)36(19-24-9-6-10-27-26(24)18-34-35-27)20-29(38)39(37)32(42)33-17-23-7-4-3-5-8-23;;/h2-14,18,28-29H,1,15-17,19-21H2,(H,33,42)(H,34,35)(H2,43,44,45);;/q;2*+1/p-2/t28-,29-;;/m0../s1. The minimum Gasteiger partial charge on any atom is -0.780 e. The van der Waals surface area contributed by atoms with Crippen molar-refractivity contribution < 1.29 is 92.4 Å². The Kier molecular flexibility index (Phi) is 13.3. The molecule has 2 aliphatic rings. The average Bonchev–Trinajstić information content (AvgIpc) is 3.53. The molecule has 0 aliphatic carbocycles. The second-order valence-corrected chi connectivity index (χ2v) is 12.4. The van der Waals surface area contributed by atoms with Crippen LogP contribution < -0.4 is 78.7 Å². The van der Waals surface area contributed by atoms with E-state index in [1.165, 1.54) is 34.2 Å². The molecule has 3 heterocycles. The monoisotopic (exact) mass is 703 g/mol. The molecule has 6 rings (SSSR count). The molecule has 4 aromatic rings. The van der Waals surface area contributed by atoms with Crippen molar-refractivity contribution in [2.75, 3.05) is 19.6 Å². The van der Waals surface area contributed by atoms with Crippen LogP contribution in [0.25, 0.3) is 10.9 Å². The third kappa shape index (κ3) is 9.02. The van der Waals surface area contributed by atoms with E-state index in [0.717, 1.165) is 22.0 Å². The van der Waals surface area contributed by atoms with Gasteiger partial charge in [-0.15, -0.1) is 6.58 Å². The zero-order valence-corrected chi connectivity index (χ0v) is 32.1. The third-order valence-corrected chi connectivity index (χ3v) is 8.60. The van der Waals surface area contributed by atoms with Crippen LogP contribution in [0.5, 0.6) is 5.75 Å². The number of nitrogens with one attached hydrogen (secondary N) is 2. The molecule has 244 valence electrons. The first-order valence-electron chi connectivity index (χ1n) is 14.9. The molecule has 49 heavy (non-hydrogen) atoms. The van der Waals surface area contributed by atoms with Gasteiger partial charge in [-0.3, -0.25) is 14.7 Å². The predicted molar refractivity (Wildman–Crippen MR) is 167 cm³/mol. The van der Waals surface area contributed by atoms with Crippen LogP contribution in [0.2, 0.25) is 0 Å². The molecule has 2 atom stereocenters. The number of urea groups is 1. The number of carbonyl (C=O) groups is 3. The summed E-state index contributed by atoms with van der Waals surface area (Å²) in [6.45, 7) is 4.35. The van der Waals surface area contributed by atoms with Crippen LogP contribution in [0.15, 0.2) is 91.6 Å². The van der Waals surface area contributed by atoms with Crippen molar-refractivity contribution in [3.63, 3.8) is 0 Å². The van der Waals surface area contributed by atoms with Crippen molar-refractivity contribution >= 4 is 36.6 Å². The second-order valence-electron chi connectivity index (χ2n) is 11.3. The zero-order valence-electron chi connectivity index (χ0n) is 27.2. The van der Waals surface area contributed by atoms with E-state index in [-0.39, 0.29) is 116 Å². The molecular weight excluding hydrogens is 671 g/mol. The van der Waals surface area contributed by atoms with E-state index in [2.05, 4.69) is 26.6 Å². The Labute approximate surface area is 327 Å². The molecule has 14 nitrogen and oxygen atoms in total. The van der Waals surface area contributed by atoms with E-state index < -0.39 is 26.1 Å². The van der Waals surface area contributed by atoms with Gasteiger partial charge in [0.15, 0.2) is 0 Å². The number of hydrogen-bond donors (Lipinski definition) is 2. The number of piperazine rings is 1. The topological polar surface area (TPSA) is 177 Å². The Balaban J connectivity index is 0.00000270. The second kappa shape index (κ2) is 16.8. The fourth-order valence-corrected chi connectivity index (χ4v) is 6.49. The van der Waals surface area contributed by atoms with Gasteiger partial charge in [-0.25, -0.2) is 14.8 Å². The van der Waals surface area contributed by atoms with Crippen LogP contribution in [-0.2, 0) is 33.7 Å². The molecule has 2 aliphatic heterocycles. The van der Waals surface area contributed by atoms with E-state index in [1.807, 2.05) is 48.5 Å². The molecule has 0 saturated carbocycles. The largest absolute Gasteiger partial charge is 1.00 e. The number of nitrogens with zero attached hydrogens (tertiary/aromatic N) is 5. The summed E-state index contributed by atoms with van der Waals surface area (Å²) in [5.74, 6) is -0.821. The first-order valence-corrected chi connectivity index (χ1v) is 16.4. The number of benzene rings is 3. The Hall–Kier alpha value is -3.01. The number of hydrogen-bond acceptors (Lipinski definition) is 9. The first kappa shape index (κ1) is 38.8. The fourth-order valence-electron chi connectivity index (χ4n) is 6.11. The maximum atomic E-state index is 14.3. The van der Waals surface area contributed by atoms with Crippen molar-refractivity contribution in [1.82, 2.24) is 35.3 Å². The molecule has 1 aromatic heterocycles. The number of fused-ring (bicyclic) bond motifs is 2. The molecule has 0 bridgehead atoms. The Morgan fingerprint density at radius 2 is 1.78 bits per heavy atom. The van der Waals surface area contributed by atoms with Gasteiger partial charge in [0.25, 0.3) is 0 Å². The Morgan fingerprint density at radius 3 is 2.47 bits per heavy atom. The smallest absolute Gasteiger partial charge is 0.780 e. The van der Waals surface area contributed by atoms with Crippen LogP contribution >= 0.6 is 7.82 Å². The van der Waals surface area contributed by atoms with Gasteiger partial charge in [0.05, 0.1) is 24.8 Å². The number of hydrazine groups is 1. The van der Waals surface area contributed by atoms with Gasteiger partial charge >= 0.3 is 65.1 Å². The summed E-state index contributed by atoms with van der Waals surface area (Å²) in [6, 6.07) is 19.3. The summed E-state index contributed by atoms with van der Waals surface area (Å²) in [6.07, 6.45) is 2.50. The first-order chi connectivity index (χ1) is 22.6. The van der Waals surface area contributed by atoms with Gasteiger partial charge < -0.3 is 34.0 Å². The Bertz CT molecular complexity index is 1840. The van der Waals surface area contributed by atoms with Crippen LogP contribution in [0.4, 0.5) is 4.79 Å². The fraction of sp³-hybridized carbons (Fsp3) is 0.250. The SMILES string of the molecule is C=CCN1CC(=O)N2[C@@H](Cc3ccc(OP(=O)([O-])[O-])cc3)C(=O)N(Cc3cccc4[nH]ncc34)C[C@@H]2N1C(=O)NCc1ccccc1.[Na+].[Na+]. The maximum absolute atomic E-state index is 14.3. The predicted octanol–water partition coefficient (Wildman–Crippen LogP) is -4.48. The van der Waals surface area contributed by atoms with Gasteiger partial charge in [0.1, 0.15) is 25.8 Å². The number of aromatic nitrogens is 2. The van der Waals surface area contributed by atoms with Gasteiger partial charge in [0, 0.05) is 31.4 Å². The molecule has 2 fully saturated rings. The Morgan fingerprint density at radius 1 is 1.04 bits per heavy atom.